The highest BCUT2D eigenvalue weighted by Gasteiger charge is 2.46. The van der Waals surface area contributed by atoms with Gasteiger partial charge in [0.05, 0.1) is 0 Å². The van der Waals surface area contributed by atoms with Crippen LogP contribution in [0.2, 0.25) is 0 Å². The highest BCUT2D eigenvalue weighted by molar-refractivity contribution is 8.01. The van der Waals surface area contributed by atoms with E-state index < -0.39 is 0 Å². The summed E-state index contributed by atoms with van der Waals surface area (Å²) in [4.78, 5) is 9.95. The Morgan fingerprint density at radius 2 is 0.814 bits per heavy atom. The number of hydrogen-bond donors (Lipinski definition) is 0. The van der Waals surface area contributed by atoms with Gasteiger partial charge in [0.15, 0.2) is 0 Å². The monoisotopic (exact) mass is 940 g/mol. The van der Waals surface area contributed by atoms with E-state index in [2.05, 4.69) is 245 Å². The molecule has 0 unspecified atom stereocenters. The van der Waals surface area contributed by atoms with Crippen LogP contribution in [-0.2, 0) is 10.8 Å². The maximum Gasteiger partial charge on any atom is 0.252 e. The van der Waals surface area contributed by atoms with Crippen LogP contribution < -0.4 is 52.1 Å². The molecule has 0 amide bonds. The zero-order chi connectivity index (χ0) is 47.5. The fourth-order valence-electron chi connectivity index (χ4n) is 11.0. The lowest BCUT2D eigenvalue weighted by Gasteiger charge is -2.45. The second kappa shape index (κ2) is 16.3. The van der Waals surface area contributed by atoms with Crippen LogP contribution in [0.3, 0.4) is 0 Å². The maximum atomic E-state index is 6.97. The number of para-hydroxylation sites is 3. The van der Waals surface area contributed by atoms with E-state index in [9.17, 15) is 0 Å². The van der Waals surface area contributed by atoms with Crippen molar-refractivity contribution in [3.8, 4) is 23.0 Å². The molecule has 70 heavy (non-hydrogen) atoms. The molecular formula is C62H50B2N2O2S2. The topological polar surface area (TPSA) is 24.9 Å². The number of nitrogens with zero attached hydrogens (tertiary/aromatic N) is 2. The molecule has 8 heteroatoms. The summed E-state index contributed by atoms with van der Waals surface area (Å²) in [7, 11) is 0. The van der Waals surface area contributed by atoms with Gasteiger partial charge in [0.1, 0.15) is 23.0 Å². The minimum atomic E-state index is -0.0546. The quantitative estimate of drug-likeness (QED) is 0.154. The van der Waals surface area contributed by atoms with Gasteiger partial charge in [0.2, 0.25) is 6.71 Å². The van der Waals surface area contributed by atoms with Crippen molar-refractivity contribution in [3.05, 3.63) is 205 Å². The lowest BCUT2D eigenvalue weighted by molar-refractivity contribution is 0.479. The molecular weight excluding hydrogens is 890 g/mol. The van der Waals surface area contributed by atoms with Gasteiger partial charge in [-0.15, -0.1) is 0 Å². The Morgan fingerprint density at radius 3 is 1.39 bits per heavy atom. The molecule has 0 radical (unpaired) electrons. The minimum absolute atomic E-state index is 0.0346. The van der Waals surface area contributed by atoms with E-state index in [1.165, 1.54) is 74.9 Å². The average Bonchev–Trinajstić information content (AvgIpc) is 3.36. The third kappa shape index (κ3) is 7.17. The van der Waals surface area contributed by atoms with Gasteiger partial charge in [-0.3, -0.25) is 0 Å². The number of hydrogen-bond acceptors (Lipinski definition) is 6. The fourth-order valence-corrected chi connectivity index (χ4v) is 13.5. The Kier molecular flexibility index (Phi) is 10.0. The van der Waals surface area contributed by atoms with Crippen molar-refractivity contribution in [3.63, 3.8) is 0 Å². The van der Waals surface area contributed by atoms with E-state index in [0.717, 1.165) is 45.7 Å². The Labute approximate surface area is 420 Å². The van der Waals surface area contributed by atoms with Crippen molar-refractivity contribution in [2.45, 2.75) is 72.0 Å². The summed E-state index contributed by atoms with van der Waals surface area (Å²) in [5, 5.41) is 0. The van der Waals surface area contributed by atoms with E-state index in [-0.39, 0.29) is 24.3 Å². The van der Waals surface area contributed by atoms with Crippen molar-refractivity contribution in [1.82, 2.24) is 0 Å². The van der Waals surface area contributed by atoms with Gasteiger partial charge < -0.3 is 19.3 Å². The Bertz CT molecular complexity index is 3530. The van der Waals surface area contributed by atoms with Crippen LogP contribution >= 0.6 is 23.5 Å². The molecule has 4 aliphatic rings. The Balaban J connectivity index is 1.02. The number of rotatable bonds is 6. The van der Waals surface area contributed by atoms with Gasteiger partial charge in [-0.25, -0.2) is 0 Å². The zero-order valence-electron chi connectivity index (χ0n) is 40.2. The third-order valence-electron chi connectivity index (χ3n) is 14.4. The summed E-state index contributed by atoms with van der Waals surface area (Å²) in [6, 6.07) is 71.0. The SMILES string of the molecule is CC(C)(C)c1ccc(Oc2cc3c4c(c2)Sc2cc5c(cc2B4c2ccccc2S3)B2c3ccccc3N(c3ccccc3)c3cc(Oc4ccc(C(C)(C)C)cc4)cc(c32)N5c2ccccc2)cc1. The average molecular weight is 941 g/mol. The highest BCUT2D eigenvalue weighted by atomic mass is 32.2. The first-order valence-electron chi connectivity index (χ1n) is 24.3. The van der Waals surface area contributed by atoms with Crippen LogP contribution in [0.4, 0.5) is 34.1 Å². The van der Waals surface area contributed by atoms with Crippen LogP contribution in [0.15, 0.2) is 214 Å². The Morgan fingerprint density at radius 1 is 0.343 bits per heavy atom. The van der Waals surface area contributed by atoms with Gasteiger partial charge >= 0.3 is 0 Å². The molecule has 9 aromatic rings. The predicted octanol–water partition coefficient (Wildman–Crippen LogP) is 13.4. The van der Waals surface area contributed by atoms with Crippen LogP contribution in [0.1, 0.15) is 52.7 Å². The lowest BCUT2D eigenvalue weighted by Crippen LogP contribution is -2.64. The van der Waals surface area contributed by atoms with Crippen LogP contribution in [0.25, 0.3) is 0 Å². The van der Waals surface area contributed by atoms with Gasteiger partial charge in [-0.05, 0) is 123 Å². The Hall–Kier alpha value is -6.99. The van der Waals surface area contributed by atoms with Crippen molar-refractivity contribution >= 4 is 104 Å². The van der Waals surface area contributed by atoms with E-state index in [1.54, 1.807) is 0 Å². The first kappa shape index (κ1) is 43.1. The van der Waals surface area contributed by atoms with Crippen LogP contribution in [0, 0.1) is 0 Å². The first-order chi connectivity index (χ1) is 33.9. The molecule has 4 nitrogen and oxygen atoms in total. The summed E-state index contributed by atoms with van der Waals surface area (Å²) in [6.07, 6.45) is 0. The molecule has 4 heterocycles. The van der Waals surface area contributed by atoms with E-state index in [1.807, 2.05) is 23.5 Å². The van der Waals surface area contributed by atoms with E-state index in [4.69, 9.17) is 9.47 Å². The summed E-state index contributed by atoms with van der Waals surface area (Å²) < 4.78 is 13.7. The summed E-state index contributed by atoms with van der Waals surface area (Å²) in [5.41, 5.74) is 17.3. The van der Waals surface area contributed by atoms with Gasteiger partial charge in [0, 0.05) is 65.8 Å². The smallest absolute Gasteiger partial charge is 0.252 e. The molecule has 0 atom stereocenters. The molecule has 13 rings (SSSR count). The van der Waals surface area contributed by atoms with E-state index in [0.29, 0.717) is 0 Å². The molecule has 9 aromatic carbocycles. The number of anilines is 6. The molecule has 0 bridgehead atoms. The molecule has 0 N–H and O–H groups in total. The van der Waals surface area contributed by atoms with Crippen molar-refractivity contribution in [1.29, 1.82) is 0 Å². The lowest BCUT2D eigenvalue weighted by atomic mass is 9.31. The van der Waals surface area contributed by atoms with E-state index >= 15 is 0 Å². The molecule has 0 spiro atoms. The molecule has 0 aromatic heterocycles. The van der Waals surface area contributed by atoms with Crippen LogP contribution in [0.5, 0.6) is 23.0 Å². The largest absolute Gasteiger partial charge is 0.457 e. The normalized spacial score (nSPS) is 13.9. The molecule has 0 saturated heterocycles. The fraction of sp³-hybridized carbons (Fsp3) is 0.129. The predicted molar refractivity (Wildman–Crippen MR) is 297 cm³/mol. The molecule has 338 valence electrons. The van der Waals surface area contributed by atoms with Gasteiger partial charge in [-0.1, -0.05) is 179 Å². The maximum absolute atomic E-state index is 6.97. The van der Waals surface area contributed by atoms with Gasteiger partial charge in [-0.2, -0.15) is 0 Å². The van der Waals surface area contributed by atoms with Gasteiger partial charge in [0.25, 0.3) is 6.71 Å². The summed E-state index contributed by atoms with van der Waals surface area (Å²) >= 11 is 3.73. The second-order valence-electron chi connectivity index (χ2n) is 20.9. The first-order valence-corrected chi connectivity index (χ1v) is 25.9. The molecule has 4 aliphatic heterocycles. The highest BCUT2D eigenvalue weighted by Crippen LogP contribution is 2.49. The molecule has 0 saturated carbocycles. The van der Waals surface area contributed by atoms with Crippen molar-refractivity contribution < 1.29 is 9.47 Å². The second-order valence-corrected chi connectivity index (χ2v) is 23.1. The van der Waals surface area contributed by atoms with Crippen molar-refractivity contribution in [2.75, 3.05) is 9.80 Å². The molecule has 0 fully saturated rings. The standard InChI is InChI=1S/C62H50B2N2O2S2/c1-61(2,3)39-25-29-43(30-26-39)67-45-33-53-59-54(34-45)66(42-19-11-8-12-20-42)52-38-56-50(37-49(52)63(59)47-21-13-15-23-51(47)65(53)41-17-9-7-10-18-41)64-48-22-14-16-24-55(48)69-57-35-46(36-58(70-56)60(57)64)68-44-31-27-40(28-32-44)62(4,5)6/h7-38H,1-6H3. The third-order valence-corrected chi connectivity index (χ3v) is 16.6. The number of ether oxygens (including phenoxy) is 2. The zero-order valence-corrected chi connectivity index (χ0v) is 41.8. The van der Waals surface area contributed by atoms with Crippen LogP contribution in [-0.4, -0.2) is 13.4 Å². The number of benzene rings is 9. The summed E-state index contributed by atoms with van der Waals surface area (Å²) in [5.74, 6) is 3.29. The minimum Gasteiger partial charge on any atom is -0.457 e. The van der Waals surface area contributed by atoms with Crippen molar-refractivity contribution in [2.24, 2.45) is 0 Å². The molecule has 0 aliphatic carbocycles. The number of fused-ring (bicyclic) bond motifs is 8. The summed E-state index contributed by atoms with van der Waals surface area (Å²) in [6.45, 7) is 13.5.